The van der Waals surface area contributed by atoms with Gasteiger partial charge in [-0.25, -0.2) is 0 Å². The zero-order valence-electron chi connectivity index (χ0n) is 20.1. The summed E-state index contributed by atoms with van der Waals surface area (Å²) in [7, 11) is 1.69. The van der Waals surface area contributed by atoms with E-state index in [0.29, 0.717) is 18.7 Å². The number of pyridine rings is 1. The summed E-state index contributed by atoms with van der Waals surface area (Å²) in [5.41, 5.74) is 6.51. The molecule has 182 valence electrons. The Hall–Kier alpha value is -3.64. The highest BCUT2D eigenvalue weighted by Crippen LogP contribution is 2.34. The Labute approximate surface area is 211 Å². The molecule has 0 saturated carbocycles. The Morgan fingerprint density at radius 1 is 1.03 bits per heavy atom. The summed E-state index contributed by atoms with van der Waals surface area (Å²) in [4.78, 5) is 4.69. The van der Waals surface area contributed by atoms with Gasteiger partial charge in [-0.2, -0.15) is 0 Å². The van der Waals surface area contributed by atoms with Crippen LogP contribution >= 0.6 is 12.4 Å². The molecule has 7 heteroatoms. The van der Waals surface area contributed by atoms with E-state index in [9.17, 15) is 0 Å². The van der Waals surface area contributed by atoms with Crippen LogP contribution in [0, 0.1) is 13.8 Å². The molecule has 0 saturated heterocycles. The van der Waals surface area contributed by atoms with Crippen molar-refractivity contribution in [2.24, 2.45) is 0 Å². The van der Waals surface area contributed by atoms with Gasteiger partial charge in [-0.1, -0.05) is 42.5 Å². The Morgan fingerprint density at radius 3 is 2.57 bits per heavy atom. The summed E-state index contributed by atoms with van der Waals surface area (Å²) in [5, 5.41) is 0. The average Bonchev–Trinajstić information content (AvgIpc) is 3.49. The number of aryl methyl sites for hydroxylation is 1. The van der Waals surface area contributed by atoms with Crippen molar-refractivity contribution in [1.82, 2.24) is 9.55 Å². The second-order valence-corrected chi connectivity index (χ2v) is 8.40. The lowest BCUT2D eigenvalue weighted by molar-refractivity contribution is 0.0559. The van der Waals surface area contributed by atoms with Gasteiger partial charge in [0.2, 0.25) is 6.79 Å². The summed E-state index contributed by atoms with van der Waals surface area (Å²) in [6.45, 7) is 5.12. The zero-order valence-corrected chi connectivity index (χ0v) is 20.9. The van der Waals surface area contributed by atoms with E-state index >= 15 is 0 Å². The molecule has 1 aliphatic heterocycles. The van der Waals surface area contributed by atoms with Gasteiger partial charge in [-0.3, -0.25) is 4.98 Å². The maximum absolute atomic E-state index is 6.65. The third-order valence-corrected chi connectivity index (χ3v) is 6.28. The van der Waals surface area contributed by atoms with E-state index in [-0.39, 0.29) is 25.3 Å². The molecule has 1 atom stereocenters. The molecule has 5 rings (SSSR count). The topological polar surface area (TPSA) is 54.7 Å². The van der Waals surface area contributed by atoms with Gasteiger partial charge >= 0.3 is 0 Å². The molecule has 2 aromatic heterocycles. The second-order valence-electron chi connectivity index (χ2n) is 8.40. The van der Waals surface area contributed by atoms with Crippen molar-refractivity contribution in [3.63, 3.8) is 0 Å². The Balaban J connectivity index is 0.00000289. The summed E-state index contributed by atoms with van der Waals surface area (Å²) >= 11 is 0. The lowest BCUT2D eigenvalue weighted by atomic mass is 10.1. The minimum Gasteiger partial charge on any atom is -0.497 e. The second kappa shape index (κ2) is 10.7. The largest absolute Gasteiger partial charge is 0.497 e. The lowest BCUT2D eigenvalue weighted by Gasteiger charge is -2.20. The minimum atomic E-state index is -0.323. The molecular formula is C28H29ClN2O4. The fourth-order valence-corrected chi connectivity index (χ4v) is 4.36. The normalized spacial score (nSPS) is 13.4. The Kier molecular flexibility index (Phi) is 7.51. The van der Waals surface area contributed by atoms with Crippen LogP contribution in [0.25, 0.3) is 11.0 Å². The van der Waals surface area contributed by atoms with Gasteiger partial charge in [0, 0.05) is 30.9 Å². The molecule has 0 amide bonds. The molecule has 0 N–H and O–H groups in total. The van der Waals surface area contributed by atoms with Crippen LogP contribution in [0.15, 0.2) is 78.9 Å². The van der Waals surface area contributed by atoms with Gasteiger partial charge < -0.3 is 23.5 Å². The maximum Gasteiger partial charge on any atom is 0.230 e. The number of halogens is 1. The molecule has 1 unspecified atom stereocenters. The zero-order chi connectivity index (χ0) is 23.5. The molecule has 0 spiro atoms. The first kappa shape index (κ1) is 24.5. The van der Waals surface area contributed by atoms with Crippen molar-refractivity contribution in [3.05, 3.63) is 101 Å². The van der Waals surface area contributed by atoms with E-state index in [4.69, 9.17) is 23.9 Å². The number of nitrogens with zero attached hydrogens (tertiary/aromatic N) is 2. The number of aromatic nitrogens is 2. The maximum atomic E-state index is 6.65. The van der Waals surface area contributed by atoms with Crippen LogP contribution in [0.5, 0.6) is 11.5 Å². The predicted octanol–water partition coefficient (Wildman–Crippen LogP) is 5.97. The molecular weight excluding hydrogens is 464 g/mol. The summed E-state index contributed by atoms with van der Waals surface area (Å²) in [6, 6.07) is 20.3. The number of fused-ring (bicyclic) bond motifs is 1. The van der Waals surface area contributed by atoms with E-state index in [1.54, 1.807) is 19.6 Å². The predicted molar refractivity (Wildman–Crippen MR) is 138 cm³/mol. The molecule has 6 nitrogen and oxygen atoms in total. The fourth-order valence-electron chi connectivity index (χ4n) is 4.36. The van der Waals surface area contributed by atoms with Crippen LogP contribution in [-0.4, -0.2) is 29.6 Å². The van der Waals surface area contributed by atoms with Gasteiger partial charge in [-0.15, -0.1) is 12.4 Å². The number of methoxy groups -OCH3 is 1. The number of hydrogen-bond acceptors (Lipinski definition) is 5. The first-order valence-electron chi connectivity index (χ1n) is 11.4. The summed E-state index contributed by atoms with van der Waals surface area (Å²) in [6.07, 6.45) is 3.79. The van der Waals surface area contributed by atoms with Crippen molar-refractivity contribution < 1.29 is 18.9 Å². The van der Waals surface area contributed by atoms with Crippen molar-refractivity contribution >= 4 is 23.4 Å². The van der Waals surface area contributed by atoms with Gasteiger partial charge in [-0.05, 0) is 42.7 Å². The van der Waals surface area contributed by atoms with Crippen LogP contribution in [0.1, 0.15) is 22.4 Å². The molecule has 35 heavy (non-hydrogen) atoms. The molecule has 0 aliphatic carbocycles. The van der Waals surface area contributed by atoms with E-state index in [1.165, 1.54) is 0 Å². The van der Waals surface area contributed by atoms with Crippen molar-refractivity contribution in [3.8, 4) is 11.5 Å². The van der Waals surface area contributed by atoms with Crippen LogP contribution in [0.4, 0.5) is 0 Å². The quantitative estimate of drug-likeness (QED) is 0.303. The first-order chi connectivity index (χ1) is 16.6. The van der Waals surface area contributed by atoms with Gasteiger partial charge in [0.05, 0.1) is 12.6 Å². The third kappa shape index (κ3) is 5.08. The smallest absolute Gasteiger partial charge is 0.230 e. The van der Waals surface area contributed by atoms with Crippen molar-refractivity contribution in [1.29, 1.82) is 0 Å². The van der Waals surface area contributed by atoms with Crippen LogP contribution < -0.4 is 9.47 Å². The van der Waals surface area contributed by atoms with Crippen LogP contribution in [-0.2, 0) is 22.4 Å². The summed E-state index contributed by atoms with van der Waals surface area (Å²) < 4.78 is 25.4. The van der Waals surface area contributed by atoms with Crippen molar-refractivity contribution in [2.75, 3.05) is 13.9 Å². The third-order valence-electron chi connectivity index (χ3n) is 6.28. The average molecular weight is 493 g/mol. The van der Waals surface area contributed by atoms with E-state index in [1.807, 2.05) is 36.4 Å². The first-order valence-corrected chi connectivity index (χ1v) is 11.4. The SMILES string of the molecule is COc1cccc(Cn2c(C)c(C)c3nccc(OC(Cc4ccccc4)C4=COCO4)c32)c1.Cl. The van der Waals surface area contributed by atoms with Crippen LogP contribution in [0.3, 0.4) is 0 Å². The fraction of sp³-hybridized carbons (Fsp3) is 0.250. The molecule has 2 aromatic carbocycles. The number of benzene rings is 2. The van der Waals surface area contributed by atoms with E-state index < -0.39 is 0 Å². The molecule has 0 fully saturated rings. The highest BCUT2D eigenvalue weighted by molar-refractivity contribution is 5.86. The monoisotopic (exact) mass is 492 g/mol. The van der Waals surface area contributed by atoms with Gasteiger partial charge in [0.1, 0.15) is 23.3 Å². The van der Waals surface area contributed by atoms with Gasteiger partial charge in [0.25, 0.3) is 0 Å². The number of rotatable bonds is 8. The molecule has 1 aliphatic rings. The molecule has 0 bridgehead atoms. The lowest BCUT2D eigenvalue weighted by Crippen LogP contribution is -2.23. The molecule has 0 radical (unpaired) electrons. The summed E-state index contributed by atoms with van der Waals surface area (Å²) in [5.74, 6) is 2.29. The highest BCUT2D eigenvalue weighted by atomic mass is 35.5. The van der Waals surface area contributed by atoms with E-state index in [2.05, 4.69) is 42.7 Å². The van der Waals surface area contributed by atoms with Crippen molar-refractivity contribution in [2.45, 2.75) is 32.9 Å². The number of ether oxygens (including phenoxy) is 4. The highest BCUT2D eigenvalue weighted by Gasteiger charge is 2.25. The number of hydrogen-bond donors (Lipinski definition) is 0. The van der Waals surface area contributed by atoms with E-state index in [0.717, 1.165) is 44.9 Å². The molecule has 4 aromatic rings. The Bertz CT molecular complexity index is 1330. The van der Waals surface area contributed by atoms with Gasteiger partial charge in [0.15, 0.2) is 11.9 Å². The van der Waals surface area contributed by atoms with Crippen LogP contribution in [0.2, 0.25) is 0 Å². The molecule has 3 heterocycles. The minimum absolute atomic E-state index is 0. The Morgan fingerprint density at radius 2 is 1.83 bits per heavy atom. The standard InChI is InChI=1S/C28H28N2O4.ClH/c1-19-20(2)30(16-22-10-7-11-23(14-22)31-3)28-24(12-13-29-27(19)28)34-25(26-17-32-18-33-26)15-21-8-5-4-6-9-21;/h4-14,17,25H,15-16,18H2,1-3H3;1H.